The van der Waals surface area contributed by atoms with E-state index < -0.39 is 0 Å². The molecule has 0 aliphatic carbocycles. The first kappa shape index (κ1) is 17.8. The van der Waals surface area contributed by atoms with Gasteiger partial charge in [0.15, 0.2) is 5.76 Å². The fourth-order valence-electron chi connectivity index (χ4n) is 3.55. The van der Waals surface area contributed by atoms with Gasteiger partial charge in [-0.05, 0) is 37.1 Å². The van der Waals surface area contributed by atoms with Crippen LogP contribution in [0.25, 0.3) is 6.08 Å². The number of allylic oxidation sites excluding steroid dienone is 1. The molecule has 2 aromatic rings. The first-order valence-corrected chi connectivity index (χ1v) is 9.08. The summed E-state index contributed by atoms with van der Waals surface area (Å²) in [5, 5.41) is 0. The van der Waals surface area contributed by atoms with Gasteiger partial charge in [0, 0.05) is 20.2 Å². The van der Waals surface area contributed by atoms with Gasteiger partial charge in [-0.2, -0.15) is 0 Å². The Hall–Kier alpha value is -2.63. The van der Waals surface area contributed by atoms with Crippen LogP contribution in [0.15, 0.2) is 36.1 Å². The van der Waals surface area contributed by atoms with Crippen molar-refractivity contribution in [2.24, 2.45) is 0 Å². The molecule has 0 bridgehead atoms. The van der Waals surface area contributed by atoms with E-state index in [0.29, 0.717) is 37.0 Å². The number of hydrogen-bond acceptors (Lipinski definition) is 5. The van der Waals surface area contributed by atoms with E-state index in [1.807, 2.05) is 50.3 Å². The van der Waals surface area contributed by atoms with Crippen molar-refractivity contribution in [1.29, 1.82) is 0 Å². The van der Waals surface area contributed by atoms with Crippen LogP contribution in [0.5, 0.6) is 11.5 Å². The van der Waals surface area contributed by atoms with Crippen LogP contribution in [0.1, 0.15) is 32.6 Å². The zero-order valence-electron chi connectivity index (χ0n) is 15.9. The zero-order valence-corrected chi connectivity index (χ0v) is 15.9. The van der Waals surface area contributed by atoms with Gasteiger partial charge in [-0.1, -0.05) is 29.8 Å². The Balaban J connectivity index is 1.70. The molecule has 2 heterocycles. The molecule has 0 N–H and O–H groups in total. The second-order valence-corrected chi connectivity index (χ2v) is 7.05. The molecule has 27 heavy (non-hydrogen) atoms. The van der Waals surface area contributed by atoms with E-state index in [1.165, 1.54) is 0 Å². The third kappa shape index (κ3) is 3.36. The Kier molecular flexibility index (Phi) is 4.72. The smallest absolute Gasteiger partial charge is 0.232 e. The molecule has 2 aliphatic heterocycles. The summed E-state index contributed by atoms with van der Waals surface area (Å²) in [6.07, 6.45) is 1.81. The number of aryl methyl sites for hydroxylation is 2. The lowest BCUT2D eigenvalue weighted by molar-refractivity contribution is 0.0646. The summed E-state index contributed by atoms with van der Waals surface area (Å²) in [5.41, 5.74) is 4.55. The van der Waals surface area contributed by atoms with Crippen LogP contribution < -0.4 is 9.47 Å². The van der Waals surface area contributed by atoms with Gasteiger partial charge >= 0.3 is 0 Å². The number of hydrogen-bond donors (Lipinski definition) is 0. The third-order valence-corrected chi connectivity index (χ3v) is 4.94. The number of fused-ring (bicyclic) bond motifs is 3. The van der Waals surface area contributed by atoms with Crippen molar-refractivity contribution >= 4 is 11.9 Å². The van der Waals surface area contributed by atoms with Gasteiger partial charge in [0.05, 0.1) is 17.7 Å². The van der Waals surface area contributed by atoms with Gasteiger partial charge in [-0.15, -0.1) is 0 Å². The molecule has 0 aromatic heterocycles. The summed E-state index contributed by atoms with van der Waals surface area (Å²) in [5.74, 6) is 1.72. The molecule has 2 aromatic carbocycles. The minimum absolute atomic E-state index is 0.0687. The SMILES string of the molecule is COCCN1COc2cc(C)c3c(c2C1)O/C(=C\c1cccc(C)c1)C3=O. The van der Waals surface area contributed by atoms with Crippen molar-refractivity contribution in [2.45, 2.75) is 20.4 Å². The number of ketones is 1. The highest BCUT2D eigenvalue weighted by atomic mass is 16.5. The summed E-state index contributed by atoms with van der Waals surface area (Å²) >= 11 is 0. The number of ether oxygens (including phenoxy) is 3. The molecule has 5 nitrogen and oxygen atoms in total. The molecule has 2 aliphatic rings. The Bertz CT molecular complexity index is 932. The van der Waals surface area contributed by atoms with Crippen LogP contribution in [0.2, 0.25) is 0 Å². The molecule has 5 heteroatoms. The normalized spacial score (nSPS) is 17.4. The third-order valence-electron chi connectivity index (χ3n) is 4.94. The maximum Gasteiger partial charge on any atom is 0.232 e. The van der Waals surface area contributed by atoms with Crippen molar-refractivity contribution in [1.82, 2.24) is 4.90 Å². The largest absolute Gasteiger partial charge is 0.478 e. The quantitative estimate of drug-likeness (QED) is 0.773. The number of benzene rings is 2. The summed E-state index contributed by atoms with van der Waals surface area (Å²) in [7, 11) is 1.68. The molecule has 0 unspecified atom stereocenters. The van der Waals surface area contributed by atoms with Crippen LogP contribution in [0.4, 0.5) is 0 Å². The fourth-order valence-corrected chi connectivity index (χ4v) is 3.55. The van der Waals surface area contributed by atoms with E-state index in [1.54, 1.807) is 7.11 Å². The molecule has 4 rings (SSSR count). The predicted octanol–water partition coefficient (Wildman–Crippen LogP) is 3.72. The first-order valence-electron chi connectivity index (χ1n) is 9.08. The molecule has 0 spiro atoms. The standard InChI is InChI=1S/C22H23NO4/c1-14-5-4-6-16(9-14)11-19-21(24)20-15(2)10-18-17(22(20)27-19)12-23(13-26-18)7-8-25-3/h4-6,9-11H,7-8,12-13H2,1-3H3/b19-11-. The van der Waals surface area contributed by atoms with Crippen LogP contribution >= 0.6 is 0 Å². The van der Waals surface area contributed by atoms with E-state index in [4.69, 9.17) is 14.2 Å². The lowest BCUT2D eigenvalue weighted by Crippen LogP contribution is -2.34. The van der Waals surface area contributed by atoms with Gasteiger partial charge in [0.2, 0.25) is 5.78 Å². The van der Waals surface area contributed by atoms with Gasteiger partial charge < -0.3 is 14.2 Å². The maximum atomic E-state index is 13.0. The average molecular weight is 365 g/mol. The molecule has 0 amide bonds. The van der Waals surface area contributed by atoms with E-state index in [9.17, 15) is 4.79 Å². The van der Waals surface area contributed by atoms with Gasteiger partial charge in [-0.25, -0.2) is 0 Å². The molecule has 0 saturated heterocycles. The first-order chi connectivity index (χ1) is 13.1. The highest BCUT2D eigenvalue weighted by molar-refractivity contribution is 6.15. The lowest BCUT2D eigenvalue weighted by Gasteiger charge is -2.29. The van der Waals surface area contributed by atoms with Crippen molar-refractivity contribution in [3.8, 4) is 11.5 Å². The van der Waals surface area contributed by atoms with Crippen LogP contribution in [0.3, 0.4) is 0 Å². The average Bonchev–Trinajstić information content (AvgIpc) is 2.97. The summed E-state index contributed by atoms with van der Waals surface area (Å²) < 4.78 is 17.1. The van der Waals surface area contributed by atoms with Gasteiger partial charge in [0.25, 0.3) is 0 Å². The molecule has 0 atom stereocenters. The molecular weight excluding hydrogens is 342 g/mol. The summed E-state index contributed by atoms with van der Waals surface area (Å²) in [4.78, 5) is 15.1. The minimum Gasteiger partial charge on any atom is -0.478 e. The number of carbonyl (C=O) groups is 1. The molecule has 0 radical (unpaired) electrons. The highest BCUT2D eigenvalue weighted by Gasteiger charge is 2.35. The van der Waals surface area contributed by atoms with Crippen molar-refractivity contribution in [3.05, 3.63) is 63.9 Å². The van der Waals surface area contributed by atoms with Crippen LogP contribution in [-0.2, 0) is 11.3 Å². The van der Waals surface area contributed by atoms with Crippen LogP contribution in [0, 0.1) is 13.8 Å². The number of nitrogens with zero attached hydrogens (tertiary/aromatic N) is 1. The van der Waals surface area contributed by atoms with E-state index in [-0.39, 0.29) is 5.78 Å². The number of rotatable bonds is 4. The van der Waals surface area contributed by atoms with Gasteiger partial charge in [0.1, 0.15) is 18.2 Å². The number of methoxy groups -OCH3 is 1. The van der Waals surface area contributed by atoms with Crippen LogP contribution in [-0.4, -0.2) is 37.7 Å². The highest BCUT2D eigenvalue weighted by Crippen LogP contribution is 2.43. The molecule has 140 valence electrons. The Labute approximate surface area is 159 Å². The van der Waals surface area contributed by atoms with E-state index in [0.717, 1.165) is 34.5 Å². The van der Waals surface area contributed by atoms with Gasteiger partial charge in [-0.3, -0.25) is 9.69 Å². The molecule has 0 fully saturated rings. The van der Waals surface area contributed by atoms with Crippen molar-refractivity contribution < 1.29 is 19.0 Å². The Morgan fingerprint density at radius 2 is 2.11 bits per heavy atom. The lowest BCUT2D eigenvalue weighted by atomic mass is 9.98. The number of carbonyl (C=O) groups excluding carboxylic acids is 1. The zero-order chi connectivity index (χ0) is 19.0. The molecular formula is C22H23NO4. The topological polar surface area (TPSA) is 48.0 Å². The second kappa shape index (κ2) is 7.18. The summed E-state index contributed by atoms with van der Waals surface area (Å²) in [6, 6.07) is 9.95. The summed E-state index contributed by atoms with van der Waals surface area (Å²) in [6.45, 7) is 6.53. The van der Waals surface area contributed by atoms with E-state index >= 15 is 0 Å². The predicted molar refractivity (Wildman–Crippen MR) is 103 cm³/mol. The molecule has 0 saturated carbocycles. The fraction of sp³-hybridized carbons (Fsp3) is 0.318. The Morgan fingerprint density at radius 3 is 2.89 bits per heavy atom. The maximum absolute atomic E-state index is 13.0. The van der Waals surface area contributed by atoms with Crippen molar-refractivity contribution in [2.75, 3.05) is 27.0 Å². The second-order valence-electron chi connectivity index (χ2n) is 7.05. The monoisotopic (exact) mass is 365 g/mol. The van der Waals surface area contributed by atoms with E-state index in [2.05, 4.69) is 4.90 Å². The Morgan fingerprint density at radius 1 is 1.26 bits per heavy atom. The van der Waals surface area contributed by atoms with Crippen molar-refractivity contribution in [3.63, 3.8) is 0 Å². The minimum atomic E-state index is -0.0687. The number of Topliss-reactive ketones (excluding diaryl/α,β-unsaturated/α-hetero) is 1.